The van der Waals surface area contributed by atoms with Gasteiger partial charge in [-0.1, -0.05) is 13.0 Å². The van der Waals surface area contributed by atoms with Gasteiger partial charge in [0.25, 0.3) is 0 Å². The van der Waals surface area contributed by atoms with Crippen molar-refractivity contribution >= 4 is 6.08 Å². The number of rotatable bonds is 5. The molecule has 17 heavy (non-hydrogen) atoms. The third-order valence-corrected chi connectivity index (χ3v) is 2.34. The molecule has 5 heteroatoms. The molecule has 0 unspecified atom stereocenters. The summed E-state index contributed by atoms with van der Waals surface area (Å²) in [5, 5.41) is 10.7. The van der Waals surface area contributed by atoms with Crippen molar-refractivity contribution in [2.75, 3.05) is 14.2 Å². The number of allylic oxidation sites excluding steroid dienone is 1. The molecule has 0 aliphatic heterocycles. The SMILES string of the molecule is CC/C(=C/c1ccc(OC)c(OC)c1)[N+](=O)[O-]. The van der Waals surface area contributed by atoms with E-state index in [0.29, 0.717) is 17.9 Å². The highest BCUT2D eigenvalue weighted by Crippen LogP contribution is 2.28. The predicted octanol–water partition coefficient (Wildman–Crippen LogP) is 2.73. The fraction of sp³-hybridized carbons (Fsp3) is 0.333. The molecule has 0 bridgehead atoms. The second-order valence-corrected chi connectivity index (χ2v) is 3.36. The zero-order chi connectivity index (χ0) is 12.8. The zero-order valence-electron chi connectivity index (χ0n) is 10.1. The summed E-state index contributed by atoms with van der Waals surface area (Å²) >= 11 is 0. The summed E-state index contributed by atoms with van der Waals surface area (Å²) in [6.45, 7) is 1.75. The molecule has 0 spiro atoms. The van der Waals surface area contributed by atoms with Gasteiger partial charge in [0.1, 0.15) is 0 Å². The Kier molecular flexibility index (Phi) is 4.51. The maximum Gasteiger partial charge on any atom is 0.246 e. The van der Waals surface area contributed by atoms with Crippen molar-refractivity contribution in [2.24, 2.45) is 0 Å². The largest absolute Gasteiger partial charge is 0.493 e. The monoisotopic (exact) mass is 237 g/mol. The topological polar surface area (TPSA) is 61.6 Å². The second kappa shape index (κ2) is 5.89. The lowest BCUT2D eigenvalue weighted by atomic mass is 10.1. The Morgan fingerprint density at radius 3 is 2.47 bits per heavy atom. The van der Waals surface area contributed by atoms with Crippen LogP contribution in [0.1, 0.15) is 18.9 Å². The van der Waals surface area contributed by atoms with Gasteiger partial charge in [0.2, 0.25) is 5.70 Å². The van der Waals surface area contributed by atoms with Gasteiger partial charge in [0.05, 0.1) is 19.1 Å². The molecule has 1 aromatic carbocycles. The average molecular weight is 237 g/mol. The van der Waals surface area contributed by atoms with Crippen LogP contribution in [-0.2, 0) is 0 Å². The van der Waals surface area contributed by atoms with Gasteiger partial charge < -0.3 is 9.47 Å². The van der Waals surface area contributed by atoms with E-state index in [1.54, 1.807) is 32.2 Å². The Morgan fingerprint density at radius 1 is 1.35 bits per heavy atom. The lowest BCUT2D eigenvalue weighted by Gasteiger charge is -2.07. The zero-order valence-corrected chi connectivity index (χ0v) is 10.1. The number of ether oxygens (including phenoxy) is 2. The number of hydrogen-bond acceptors (Lipinski definition) is 4. The highest BCUT2D eigenvalue weighted by Gasteiger charge is 2.09. The second-order valence-electron chi connectivity index (χ2n) is 3.36. The molecular weight excluding hydrogens is 222 g/mol. The number of methoxy groups -OCH3 is 2. The van der Waals surface area contributed by atoms with Gasteiger partial charge in [0, 0.05) is 12.5 Å². The van der Waals surface area contributed by atoms with E-state index in [0.717, 1.165) is 5.56 Å². The van der Waals surface area contributed by atoms with Crippen molar-refractivity contribution < 1.29 is 14.4 Å². The Bertz CT molecular complexity index is 440. The van der Waals surface area contributed by atoms with Crippen LogP contribution in [-0.4, -0.2) is 19.1 Å². The lowest BCUT2D eigenvalue weighted by molar-refractivity contribution is -0.425. The van der Waals surface area contributed by atoms with Crippen LogP contribution in [0.15, 0.2) is 23.9 Å². The van der Waals surface area contributed by atoms with Crippen LogP contribution in [0.2, 0.25) is 0 Å². The van der Waals surface area contributed by atoms with Gasteiger partial charge in [-0.25, -0.2) is 0 Å². The summed E-state index contributed by atoms with van der Waals surface area (Å²) < 4.78 is 10.2. The van der Waals surface area contributed by atoms with Gasteiger partial charge in [-0.15, -0.1) is 0 Å². The summed E-state index contributed by atoms with van der Waals surface area (Å²) in [4.78, 5) is 10.3. The molecule has 0 amide bonds. The van der Waals surface area contributed by atoms with E-state index < -0.39 is 0 Å². The molecular formula is C12H15NO4. The molecule has 0 atom stereocenters. The number of hydrogen-bond donors (Lipinski definition) is 0. The Balaban J connectivity index is 3.11. The maximum absolute atomic E-state index is 10.7. The number of nitrogens with zero attached hydrogens (tertiary/aromatic N) is 1. The van der Waals surface area contributed by atoms with Crippen LogP contribution in [0.3, 0.4) is 0 Å². The molecule has 0 aromatic heterocycles. The minimum absolute atomic E-state index is 0.164. The third-order valence-electron chi connectivity index (χ3n) is 2.34. The molecule has 92 valence electrons. The van der Waals surface area contributed by atoms with E-state index in [4.69, 9.17) is 9.47 Å². The van der Waals surface area contributed by atoms with Gasteiger partial charge in [-0.2, -0.15) is 0 Å². The first kappa shape index (κ1) is 13.0. The summed E-state index contributed by atoms with van der Waals surface area (Å²) in [5.74, 6) is 1.16. The smallest absolute Gasteiger partial charge is 0.246 e. The fourth-order valence-corrected chi connectivity index (χ4v) is 1.42. The Hall–Kier alpha value is -2.04. The third kappa shape index (κ3) is 3.21. The van der Waals surface area contributed by atoms with Crippen molar-refractivity contribution in [1.82, 2.24) is 0 Å². The highest BCUT2D eigenvalue weighted by atomic mass is 16.6. The lowest BCUT2D eigenvalue weighted by Crippen LogP contribution is -1.97. The van der Waals surface area contributed by atoms with Crippen LogP contribution in [0.5, 0.6) is 11.5 Å². The summed E-state index contributed by atoms with van der Waals surface area (Å²) in [6.07, 6.45) is 1.91. The van der Waals surface area contributed by atoms with Crippen LogP contribution in [0, 0.1) is 10.1 Å². The quantitative estimate of drug-likeness (QED) is 0.583. The predicted molar refractivity (Wildman–Crippen MR) is 64.8 cm³/mol. The Morgan fingerprint density at radius 2 is 2.00 bits per heavy atom. The first-order valence-electron chi connectivity index (χ1n) is 5.19. The molecule has 0 radical (unpaired) electrons. The molecule has 0 N–H and O–H groups in total. The fourth-order valence-electron chi connectivity index (χ4n) is 1.42. The van der Waals surface area contributed by atoms with E-state index >= 15 is 0 Å². The van der Waals surface area contributed by atoms with Gasteiger partial charge in [-0.05, 0) is 17.7 Å². The molecule has 0 aliphatic carbocycles. The van der Waals surface area contributed by atoms with E-state index in [-0.39, 0.29) is 10.6 Å². The van der Waals surface area contributed by atoms with Crippen molar-refractivity contribution in [2.45, 2.75) is 13.3 Å². The van der Waals surface area contributed by atoms with Gasteiger partial charge >= 0.3 is 0 Å². The van der Waals surface area contributed by atoms with Crippen LogP contribution in [0.25, 0.3) is 6.08 Å². The maximum atomic E-state index is 10.7. The first-order valence-corrected chi connectivity index (χ1v) is 5.19. The minimum atomic E-state index is -0.378. The van der Waals surface area contributed by atoms with Gasteiger partial charge in [-0.3, -0.25) is 10.1 Å². The van der Waals surface area contributed by atoms with Crippen LogP contribution >= 0.6 is 0 Å². The molecule has 0 saturated carbocycles. The molecule has 0 aliphatic rings. The highest BCUT2D eigenvalue weighted by molar-refractivity contribution is 5.56. The molecule has 5 nitrogen and oxygen atoms in total. The standard InChI is InChI=1S/C12H15NO4/c1-4-10(13(14)15)7-9-5-6-11(16-2)12(8-9)17-3/h5-8H,4H2,1-3H3/b10-7-. The summed E-state index contributed by atoms with van der Waals surface area (Å²) in [7, 11) is 3.07. The van der Waals surface area contributed by atoms with Crippen LogP contribution in [0.4, 0.5) is 0 Å². The van der Waals surface area contributed by atoms with E-state index in [2.05, 4.69) is 0 Å². The minimum Gasteiger partial charge on any atom is -0.493 e. The van der Waals surface area contributed by atoms with Crippen molar-refractivity contribution in [3.05, 3.63) is 39.6 Å². The summed E-state index contributed by atoms with van der Waals surface area (Å²) in [5.41, 5.74) is 0.883. The first-order chi connectivity index (χ1) is 8.12. The molecule has 1 rings (SSSR count). The van der Waals surface area contributed by atoms with Crippen LogP contribution < -0.4 is 9.47 Å². The van der Waals surface area contributed by atoms with Gasteiger partial charge in [0.15, 0.2) is 11.5 Å². The van der Waals surface area contributed by atoms with Crippen molar-refractivity contribution in [1.29, 1.82) is 0 Å². The molecule has 0 fully saturated rings. The average Bonchev–Trinajstić information content (AvgIpc) is 2.35. The van der Waals surface area contributed by atoms with Crippen molar-refractivity contribution in [3.8, 4) is 11.5 Å². The molecule has 0 saturated heterocycles. The van der Waals surface area contributed by atoms with E-state index in [9.17, 15) is 10.1 Å². The molecule has 0 heterocycles. The summed E-state index contributed by atoms with van der Waals surface area (Å²) in [6, 6.07) is 5.18. The Labute approximate surface area is 99.8 Å². The normalized spacial score (nSPS) is 11.1. The van der Waals surface area contributed by atoms with E-state index in [1.807, 2.05) is 0 Å². The van der Waals surface area contributed by atoms with Crippen molar-refractivity contribution in [3.63, 3.8) is 0 Å². The number of benzene rings is 1. The number of nitro groups is 1. The molecule has 1 aromatic rings. The van der Waals surface area contributed by atoms with E-state index in [1.165, 1.54) is 13.2 Å².